The van der Waals surface area contributed by atoms with Crippen LogP contribution in [0.15, 0.2) is 18.2 Å². The van der Waals surface area contributed by atoms with Crippen LogP contribution < -0.4 is 10.6 Å². The van der Waals surface area contributed by atoms with Crippen molar-refractivity contribution in [2.45, 2.75) is 39.7 Å². The Balaban J connectivity index is 2.15. The molecule has 2 N–H and O–H groups in total. The minimum absolute atomic E-state index is 0.131. The summed E-state index contributed by atoms with van der Waals surface area (Å²) in [6, 6.07) is 4.86. The third-order valence-electron chi connectivity index (χ3n) is 4.30. The van der Waals surface area contributed by atoms with Gasteiger partial charge in [0.15, 0.2) is 0 Å². The zero-order valence-electron chi connectivity index (χ0n) is 12.2. The first-order chi connectivity index (χ1) is 8.99. The minimum Gasteiger partial charge on any atom is -0.371 e. The second-order valence-electron chi connectivity index (χ2n) is 6.06. The van der Waals surface area contributed by atoms with Gasteiger partial charge in [-0.3, -0.25) is 0 Å². The average Bonchev–Trinajstić information content (AvgIpc) is 2.38. The Labute approximate surface area is 115 Å². The van der Waals surface area contributed by atoms with Crippen molar-refractivity contribution in [1.82, 2.24) is 0 Å². The van der Waals surface area contributed by atoms with Gasteiger partial charge in [-0.05, 0) is 55.4 Å². The van der Waals surface area contributed by atoms with Crippen LogP contribution in [-0.2, 0) is 0 Å². The molecule has 3 heteroatoms. The van der Waals surface area contributed by atoms with E-state index < -0.39 is 0 Å². The van der Waals surface area contributed by atoms with Crippen molar-refractivity contribution >= 4 is 5.69 Å². The summed E-state index contributed by atoms with van der Waals surface area (Å²) in [5.74, 6) is 1.37. The van der Waals surface area contributed by atoms with E-state index in [0.29, 0.717) is 0 Å². The standard InChI is InChI=1S/C16H25FN2/c1-11(2)13-6-8-19(9-7-13)16-5-4-14(17)10-15(16)12(3)18/h4-5,10-13H,6-9,18H2,1-3H3/t12-/m0/s1. The summed E-state index contributed by atoms with van der Waals surface area (Å²) in [4.78, 5) is 2.36. The number of rotatable bonds is 3. The molecule has 1 aromatic rings. The SMILES string of the molecule is CC(C)C1CCN(c2ccc(F)cc2[C@H](C)N)CC1. The van der Waals surface area contributed by atoms with E-state index in [2.05, 4.69) is 18.7 Å². The number of piperidine rings is 1. The van der Waals surface area contributed by atoms with E-state index in [0.717, 1.165) is 36.2 Å². The zero-order chi connectivity index (χ0) is 14.0. The summed E-state index contributed by atoms with van der Waals surface area (Å²) in [7, 11) is 0. The molecule has 0 aromatic heterocycles. The van der Waals surface area contributed by atoms with Crippen molar-refractivity contribution in [3.63, 3.8) is 0 Å². The number of nitrogens with zero attached hydrogens (tertiary/aromatic N) is 1. The van der Waals surface area contributed by atoms with Crippen molar-refractivity contribution in [3.8, 4) is 0 Å². The van der Waals surface area contributed by atoms with Crippen molar-refractivity contribution in [3.05, 3.63) is 29.6 Å². The van der Waals surface area contributed by atoms with Crippen molar-refractivity contribution < 1.29 is 4.39 Å². The van der Waals surface area contributed by atoms with Crippen LogP contribution in [-0.4, -0.2) is 13.1 Å². The number of hydrogen-bond donors (Lipinski definition) is 1. The molecule has 1 saturated heterocycles. The lowest BCUT2D eigenvalue weighted by atomic mass is 9.86. The van der Waals surface area contributed by atoms with Crippen LogP contribution in [0.4, 0.5) is 10.1 Å². The normalized spacial score (nSPS) is 18.9. The lowest BCUT2D eigenvalue weighted by molar-refractivity contribution is 0.311. The van der Waals surface area contributed by atoms with Crippen LogP contribution in [0.3, 0.4) is 0 Å². The Morgan fingerprint density at radius 2 is 1.84 bits per heavy atom. The van der Waals surface area contributed by atoms with Crippen LogP contribution >= 0.6 is 0 Å². The Hall–Kier alpha value is -1.09. The molecule has 0 radical (unpaired) electrons. The van der Waals surface area contributed by atoms with E-state index >= 15 is 0 Å². The summed E-state index contributed by atoms with van der Waals surface area (Å²) < 4.78 is 13.4. The maximum Gasteiger partial charge on any atom is 0.123 e. The lowest BCUT2D eigenvalue weighted by Crippen LogP contribution is -2.36. The molecule has 0 aliphatic carbocycles. The third-order valence-corrected chi connectivity index (χ3v) is 4.30. The van der Waals surface area contributed by atoms with Crippen molar-refractivity contribution in [2.75, 3.05) is 18.0 Å². The summed E-state index contributed by atoms with van der Waals surface area (Å²) in [5, 5.41) is 0. The van der Waals surface area contributed by atoms with E-state index in [1.165, 1.54) is 18.9 Å². The van der Waals surface area contributed by atoms with Gasteiger partial charge in [0.1, 0.15) is 5.82 Å². The van der Waals surface area contributed by atoms with E-state index in [9.17, 15) is 4.39 Å². The number of benzene rings is 1. The molecule has 1 fully saturated rings. The van der Waals surface area contributed by atoms with Crippen LogP contribution in [0.1, 0.15) is 45.2 Å². The first-order valence-corrected chi connectivity index (χ1v) is 7.29. The number of hydrogen-bond acceptors (Lipinski definition) is 2. The summed E-state index contributed by atoms with van der Waals surface area (Å²) >= 11 is 0. The lowest BCUT2D eigenvalue weighted by Gasteiger charge is -2.36. The first-order valence-electron chi connectivity index (χ1n) is 7.29. The quantitative estimate of drug-likeness (QED) is 0.901. The minimum atomic E-state index is -0.201. The molecular formula is C16H25FN2. The smallest absolute Gasteiger partial charge is 0.123 e. The maximum absolute atomic E-state index is 13.4. The predicted molar refractivity (Wildman–Crippen MR) is 78.8 cm³/mol. The third kappa shape index (κ3) is 3.27. The molecule has 106 valence electrons. The van der Waals surface area contributed by atoms with Gasteiger partial charge in [0.05, 0.1) is 0 Å². The summed E-state index contributed by atoms with van der Waals surface area (Å²) in [6.07, 6.45) is 2.43. The highest BCUT2D eigenvalue weighted by Crippen LogP contribution is 2.31. The maximum atomic E-state index is 13.4. The van der Waals surface area contributed by atoms with Gasteiger partial charge in [-0.25, -0.2) is 4.39 Å². The molecular weight excluding hydrogens is 239 g/mol. The largest absolute Gasteiger partial charge is 0.371 e. The Morgan fingerprint density at radius 1 is 1.21 bits per heavy atom. The second kappa shape index (κ2) is 5.91. The Bertz CT molecular complexity index is 421. The fourth-order valence-corrected chi connectivity index (χ4v) is 2.99. The first kappa shape index (κ1) is 14.3. The Morgan fingerprint density at radius 3 is 2.37 bits per heavy atom. The predicted octanol–water partition coefficient (Wildman–Crippen LogP) is 3.72. The van der Waals surface area contributed by atoms with Gasteiger partial charge in [-0.2, -0.15) is 0 Å². The number of halogens is 1. The fraction of sp³-hybridized carbons (Fsp3) is 0.625. The van der Waals surface area contributed by atoms with Crippen LogP contribution in [0.2, 0.25) is 0 Å². The molecule has 1 atom stereocenters. The average molecular weight is 264 g/mol. The molecule has 1 aromatic carbocycles. The van der Waals surface area contributed by atoms with Crippen LogP contribution in [0, 0.1) is 17.7 Å². The van der Waals surface area contributed by atoms with E-state index in [1.807, 2.05) is 13.0 Å². The van der Waals surface area contributed by atoms with Gasteiger partial charge in [0, 0.05) is 24.8 Å². The van der Waals surface area contributed by atoms with Gasteiger partial charge < -0.3 is 10.6 Å². The van der Waals surface area contributed by atoms with Gasteiger partial charge in [-0.15, -0.1) is 0 Å². The van der Waals surface area contributed by atoms with Gasteiger partial charge >= 0.3 is 0 Å². The molecule has 0 spiro atoms. The molecule has 0 bridgehead atoms. The van der Waals surface area contributed by atoms with Gasteiger partial charge in [0.25, 0.3) is 0 Å². The summed E-state index contributed by atoms with van der Waals surface area (Å²) in [5.41, 5.74) is 8.00. The highest BCUT2D eigenvalue weighted by Gasteiger charge is 2.23. The molecule has 19 heavy (non-hydrogen) atoms. The van der Waals surface area contributed by atoms with Crippen molar-refractivity contribution in [1.29, 1.82) is 0 Å². The zero-order valence-corrected chi connectivity index (χ0v) is 12.2. The van der Waals surface area contributed by atoms with Gasteiger partial charge in [0.2, 0.25) is 0 Å². The monoisotopic (exact) mass is 264 g/mol. The molecule has 0 amide bonds. The van der Waals surface area contributed by atoms with E-state index in [4.69, 9.17) is 5.73 Å². The Kier molecular flexibility index (Phi) is 4.46. The van der Waals surface area contributed by atoms with Crippen LogP contribution in [0.25, 0.3) is 0 Å². The molecule has 0 saturated carbocycles. The van der Waals surface area contributed by atoms with E-state index in [1.54, 1.807) is 6.07 Å². The molecule has 1 aliphatic heterocycles. The number of nitrogens with two attached hydrogens (primary N) is 1. The number of anilines is 1. The van der Waals surface area contributed by atoms with Crippen LogP contribution in [0.5, 0.6) is 0 Å². The fourth-order valence-electron chi connectivity index (χ4n) is 2.99. The van der Waals surface area contributed by atoms with Crippen molar-refractivity contribution in [2.24, 2.45) is 17.6 Å². The molecule has 1 heterocycles. The topological polar surface area (TPSA) is 29.3 Å². The second-order valence-corrected chi connectivity index (χ2v) is 6.06. The molecule has 0 unspecified atom stereocenters. The highest BCUT2D eigenvalue weighted by molar-refractivity contribution is 5.55. The van der Waals surface area contributed by atoms with Gasteiger partial charge in [-0.1, -0.05) is 13.8 Å². The molecule has 1 aliphatic rings. The summed E-state index contributed by atoms with van der Waals surface area (Å²) in [6.45, 7) is 8.61. The molecule has 2 rings (SSSR count). The highest BCUT2D eigenvalue weighted by atomic mass is 19.1. The molecule has 2 nitrogen and oxygen atoms in total. The van der Waals surface area contributed by atoms with E-state index in [-0.39, 0.29) is 11.9 Å².